The van der Waals surface area contributed by atoms with Gasteiger partial charge in [-0.1, -0.05) is 0 Å². The molecular weight excluding hydrogens is 306 g/mol. The number of carbonyl (C=O) groups excluding carboxylic acids is 1. The number of pyridine rings is 1. The minimum atomic E-state index is -2.59. The molecular formula is C16H20F2N2O3. The van der Waals surface area contributed by atoms with Gasteiger partial charge in [0.25, 0.3) is 12.3 Å². The van der Waals surface area contributed by atoms with E-state index < -0.39 is 13.0 Å². The number of hydrogen-bond donors (Lipinski definition) is 2. The Hall–Kier alpha value is -1.76. The molecule has 2 bridgehead atoms. The van der Waals surface area contributed by atoms with Crippen molar-refractivity contribution in [3.8, 4) is 5.88 Å². The van der Waals surface area contributed by atoms with Crippen LogP contribution in [0.4, 0.5) is 8.78 Å². The Kier molecular flexibility index (Phi) is 4.75. The van der Waals surface area contributed by atoms with Crippen molar-refractivity contribution >= 4 is 5.91 Å². The number of rotatable bonds is 6. The molecule has 1 aromatic rings. The number of nitrogens with zero attached hydrogens (tertiary/aromatic N) is 1. The number of aromatic nitrogens is 1. The van der Waals surface area contributed by atoms with E-state index in [-0.39, 0.29) is 30.4 Å². The molecule has 7 heteroatoms. The molecule has 23 heavy (non-hydrogen) atoms. The number of hydrogen-bond acceptors (Lipinski definition) is 4. The molecule has 5 nitrogen and oxygen atoms in total. The number of carbonyl (C=O) groups is 1. The van der Waals surface area contributed by atoms with Crippen LogP contribution in [0.1, 0.15) is 29.6 Å². The van der Waals surface area contributed by atoms with Gasteiger partial charge >= 0.3 is 0 Å². The second kappa shape index (κ2) is 6.78. The van der Waals surface area contributed by atoms with Gasteiger partial charge in [0, 0.05) is 36.4 Å². The van der Waals surface area contributed by atoms with Crippen molar-refractivity contribution in [2.24, 2.45) is 17.8 Å². The molecule has 2 aliphatic rings. The lowest BCUT2D eigenvalue weighted by molar-refractivity contribution is 0.0793. The summed E-state index contributed by atoms with van der Waals surface area (Å²) in [4.78, 5) is 16.2. The van der Waals surface area contributed by atoms with Gasteiger partial charge in [-0.25, -0.2) is 13.8 Å². The van der Waals surface area contributed by atoms with Gasteiger partial charge in [-0.05, 0) is 37.2 Å². The first-order chi connectivity index (χ1) is 11.1. The Morgan fingerprint density at radius 3 is 2.96 bits per heavy atom. The molecule has 0 aliphatic heterocycles. The van der Waals surface area contributed by atoms with Crippen LogP contribution < -0.4 is 10.1 Å². The summed E-state index contributed by atoms with van der Waals surface area (Å²) in [5.74, 6) is 0.721. The zero-order valence-corrected chi connectivity index (χ0v) is 12.6. The van der Waals surface area contributed by atoms with Gasteiger partial charge < -0.3 is 15.2 Å². The molecule has 126 valence electrons. The lowest BCUT2D eigenvalue weighted by Gasteiger charge is -2.30. The summed E-state index contributed by atoms with van der Waals surface area (Å²) < 4.78 is 29.2. The van der Waals surface area contributed by atoms with Gasteiger partial charge in [0.15, 0.2) is 6.61 Å². The maximum atomic E-state index is 12.4. The highest BCUT2D eigenvalue weighted by atomic mass is 19.3. The lowest BCUT2D eigenvalue weighted by atomic mass is 9.85. The van der Waals surface area contributed by atoms with Crippen LogP contribution in [0, 0.1) is 17.8 Å². The normalized spacial score (nSPS) is 29.0. The predicted octanol–water partition coefficient (Wildman–Crippen LogP) is 1.86. The van der Waals surface area contributed by atoms with Gasteiger partial charge in [0.2, 0.25) is 5.88 Å². The second-order valence-corrected chi connectivity index (χ2v) is 6.26. The number of aliphatic hydroxyl groups excluding tert-OH is 1. The molecule has 2 N–H and O–H groups in total. The first-order valence-electron chi connectivity index (χ1n) is 7.87. The first-order valence-corrected chi connectivity index (χ1v) is 7.87. The van der Waals surface area contributed by atoms with E-state index in [1.165, 1.54) is 18.3 Å². The van der Waals surface area contributed by atoms with Crippen molar-refractivity contribution in [2.75, 3.05) is 13.2 Å². The third-order valence-corrected chi connectivity index (χ3v) is 4.95. The first kappa shape index (κ1) is 16.1. The van der Waals surface area contributed by atoms with E-state index in [4.69, 9.17) is 4.74 Å². The zero-order chi connectivity index (χ0) is 16.4. The molecule has 3 rings (SSSR count). The molecule has 4 unspecified atom stereocenters. The summed E-state index contributed by atoms with van der Waals surface area (Å²) in [7, 11) is 0. The fraction of sp³-hybridized carbons (Fsp3) is 0.625. The fourth-order valence-corrected chi connectivity index (χ4v) is 3.91. The van der Waals surface area contributed by atoms with Crippen molar-refractivity contribution in [1.82, 2.24) is 10.3 Å². The lowest BCUT2D eigenvalue weighted by Crippen LogP contribution is -2.45. The maximum absolute atomic E-state index is 12.4. The Labute approximate surface area is 133 Å². The second-order valence-electron chi connectivity index (χ2n) is 6.26. The fourth-order valence-electron chi connectivity index (χ4n) is 3.91. The van der Waals surface area contributed by atoms with Crippen LogP contribution in [-0.4, -0.2) is 41.7 Å². The smallest absolute Gasteiger partial charge is 0.272 e. The average molecular weight is 326 g/mol. The van der Waals surface area contributed by atoms with Crippen molar-refractivity contribution in [1.29, 1.82) is 0 Å². The molecule has 4 atom stereocenters. The summed E-state index contributed by atoms with van der Waals surface area (Å²) in [6.45, 7) is -0.678. The number of ether oxygens (including phenoxy) is 1. The third-order valence-electron chi connectivity index (χ3n) is 4.95. The quantitative estimate of drug-likeness (QED) is 0.837. The number of aliphatic hydroxyl groups is 1. The van der Waals surface area contributed by atoms with Crippen LogP contribution in [0.25, 0.3) is 0 Å². The highest BCUT2D eigenvalue weighted by Crippen LogP contribution is 2.48. The summed E-state index contributed by atoms with van der Waals surface area (Å²) in [5.41, 5.74) is 0.323. The molecule has 0 radical (unpaired) electrons. The Morgan fingerprint density at radius 2 is 2.22 bits per heavy atom. The van der Waals surface area contributed by atoms with E-state index in [0.717, 1.165) is 19.3 Å². The summed E-state index contributed by atoms with van der Waals surface area (Å²) in [6.07, 6.45) is 2.01. The van der Waals surface area contributed by atoms with Crippen molar-refractivity contribution in [2.45, 2.75) is 31.7 Å². The highest BCUT2D eigenvalue weighted by Gasteiger charge is 2.47. The van der Waals surface area contributed by atoms with Gasteiger partial charge in [-0.15, -0.1) is 0 Å². The molecule has 1 aromatic heterocycles. The van der Waals surface area contributed by atoms with Gasteiger partial charge in [-0.3, -0.25) is 4.79 Å². The number of halogens is 2. The average Bonchev–Trinajstić information content (AvgIpc) is 3.14. The highest BCUT2D eigenvalue weighted by molar-refractivity contribution is 5.94. The van der Waals surface area contributed by atoms with Crippen LogP contribution >= 0.6 is 0 Å². The standard InChI is InChI=1S/C16H20F2N2O3/c17-13(18)8-23-14-6-11(3-4-19-14)16(22)20-15-10-2-1-9(5-10)12(15)7-21/h3-4,6,9-10,12-13,15,21H,1-2,5,7-8H2,(H,20,22). The minimum Gasteiger partial charge on any atom is -0.472 e. The largest absolute Gasteiger partial charge is 0.472 e. The number of nitrogens with one attached hydrogen (secondary N) is 1. The minimum absolute atomic E-state index is 0.00426. The Morgan fingerprint density at radius 1 is 1.43 bits per heavy atom. The summed E-state index contributed by atoms with van der Waals surface area (Å²) >= 11 is 0. The van der Waals surface area contributed by atoms with E-state index in [9.17, 15) is 18.7 Å². The number of amides is 1. The van der Waals surface area contributed by atoms with Crippen LogP contribution in [-0.2, 0) is 0 Å². The third kappa shape index (κ3) is 3.44. The summed E-state index contributed by atoms with van der Waals surface area (Å²) in [6, 6.07) is 2.86. The molecule has 1 heterocycles. The SMILES string of the molecule is O=C(NC1C2CCC(C2)C1CO)c1ccnc(OCC(F)F)c1. The van der Waals surface area contributed by atoms with E-state index in [1.807, 2.05) is 0 Å². The van der Waals surface area contributed by atoms with E-state index in [1.54, 1.807) is 0 Å². The van der Waals surface area contributed by atoms with Crippen LogP contribution in [0.3, 0.4) is 0 Å². The van der Waals surface area contributed by atoms with Crippen molar-refractivity contribution in [3.63, 3.8) is 0 Å². The number of alkyl halides is 2. The van der Waals surface area contributed by atoms with Crippen molar-refractivity contribution < 1.29 is 23.4 Å². The monoisotopic (exact) mass is 326 g/mol. The van der Waals surface area contributed by atoms with Gasteiger partial charge in [0.1, 0.15) is 0 Å². The molecule has 2 fully saturated rings. The van der Waals surface area contributed by atoms with E-state index in [2.05, 4.69) is 10.3 Å². The topological polar surface area (TPSA) is 71.5 Å². The van der Waals surface area contributed by atoms with E-state index >= 15 is 0 Å². The van der Waals surface area contributed by atoms with Gasteiger partial charge in [0.05, 0.1) is 0 Å². The summed E-state index contributed by atoms with van der Waals surface area (Å²) in [5, 5.41) is 12.5. The molecule has 0 aromatic carbocycles. The van der Waals surface area contributed by atoms with E-state index in [0.29, 0.717) is 17.4 Å². The molecule has 0 spiro atoms. The number of fused-ring (bicyclic) bond motifs is 2. The molecule has 2 aliphatic carbocycles. The van der Waals surface area contributed by atoms with Gasteiger partial charge in [-0.2, -0.15) is 0 Å². The molecule has 2 saturated carbocycles. The maximum Gasteiger partial charge on any atom is 0.272 e. The molecule has 0 saturated heterocycles. The van der Waals surface area contributed by atoms with Crippen LogP contribution in [0.5, 0.6) is 5.88 Å². The Balaban J connectivity index is 1.65. The predicted molar refractivity (Wildman–Crippen MR) is 78.4 cm³/mol. The molecule has 1 amide bonds. The van der Waals surface area contributed by atoms with Crippen molar-refractivity contribution in [3.05, 3.63) is 23.9 Å². The van der Waals surface area contributed by atoms with Crippen LogP contribution in [0.15, 0.2) is 18.3 Å². The van der Waals surface area contributed by atoms with Crippen LogP contribution in [0.2, 0.25) is 0 Å². The Bertz CT molecular complexity index is 570. The zero-order valence-electron chi connectivity index (χ0n) is 12.6.